The van der Waals surface area contributed by atoms with Gasteiger partial charge in [0.25, 0.3) is 0 Å². The zero-order chi connectivity index (χ0) is 13.8. The zero-order valence-electron chi connectivity index (χ0n) is 12.7. The van der Waals surface area contributed by atoms with Gasteiger partial charge in [0.15, 0.2) is 0 Å². The Bertz CT molecular complexity index is 414. The molecule has 1 unspecified atom stereocenters. The maximum atomic E-state index is 3.60. The minimum Gasteiger partial charge on any atom is -0.370 e. The van der Waals surface area contributed by atoms with Gasteiger partial charge in [-0.2, -0.15) is 0 Å². The third kappa shape index (κ3) is 3.95. The lowest BCUT2D eigenvalue weighted by molar-refractivity contribution is 0.399. The smallest absolute Gasteiger partial charge is 0.0412 e. The van der Waals surface area contributed by atoms with E-state index >= 15 is 0 Å². The Hall–Kier alpha value is -1.06. The number of nitrogens with zero attached hydrogens (tertiary/aromatic N) is 2. The third-order valence-electron chi connectivity index (χ3n) is 3.74. The van der Waals surface area contributed by atoms with E-state index in [4.69, 9.17) is 0 Å². The second kappa shape index (κ2) is 6.40. The summed E-state index contributed by atoms with van der Waals surface area (Å²) in [7, 11) is 4.29. The van der Waals surface area contributed by atoms with E-state index in [0.717, 1.165) is 26.2 Å². The summed E-state index contributed by atoms with van der Waals surface area (Å²) >= 11 is 0. The van der Waals surface area contributed by atoms with Gasteiger partial charge in [-0.3, -0.25) is 0 Å². The predicted molar refractivity (Wildman–Crippen MR) is 82.9 cm³/mol. The van der Waals surface area contributed by atoms with Gasteiger partial charge in [0.05, 0.1) is 0 Å². The number of hydrogen-bond donors (Lipinski definition) is 1. The maximum Gasteiger partial charge on any atom is 0.0412 e. The number of anilines is 1. The first-order valence-corrected chi connectivity index (χ1v) is 7.29. The van der Waals surface area contributed by atoms with Crippen LogP contribution in [-0.4, -0.2) is 44.7 Å². The molecule has 3 nitrogen and oxygen atoms in total. The molecular formula is C16H27N3. The van der Waals surface area contributed by atoms with Gasteiger partial charge in [0.1, 0.15) is 0 Å². The topological polar surface area (TPSA) is 18.5 Å². The normalized spacial score (nSPS) is 19.4. The Kier molecular flexibility index (Phi) is 4.83. The van der Waals surface area contributed by atoms with E-state index in [1.807, 2.05) is 0 Å². The largest absolute Gasteiger partial charge is 0.370 e. The minimum absolute atomic E-state index is 0.548. The molecule has 0 bridgehead atoms. The Morgan fingerprint density at radius 1 is 1.37 bits per heavy atom. The predicted octanol–water partition coefficient (Wildman–Crippen LogP) is 2.24. The monoisotopic (exact) mass is 261 g/mol. The van der Waals surface area contributed by atoms with Crippen molar-refractivity contribution in [3.63, 3.8) is 0 Å². The van der Waals surface area contributed by atoms with Gasteiger partial charge in [0, 0.05) is 31.4 Å². The molecule has 0 aromatic heterocycles. The Labute approximate surface area is 117 Å². The first kappa shape index (κ1) is 14.4. The number of rotatable bonds is 4. The fourth-order valence-electron chi connectivity index (χ4n) is 2.73. The lowest BCUT2D eigenvalue weighted by Gasteiger charge is -2.27. The number of benzene rings is 1. The van der Waals surface area contributed by atoms with Crippen LogP contribution in [0.2, 0.25) is 0 Å². The van der Waals surface area contributed by atoms with Gasteiger partial charge >= 0.3 is 0 Å². The van der Waals surface area contributed by atoms with Crippen LogP contribution in [0.25, 0.3) is 0 Å². The number of aryl methyl sites for hydroxylation is 1. The lowest BCUT2D eigenvalue weighted by atomic mass is 10.1. The van der Waals surface area contributed by atoms with Gasteiger partial charge in [-0.1, -0.05) is 17.7 Å². The van der Waals surface area contributed by atoms with Crippen LogP contribution in [0.15, 0.2) is 18.2 Å². The lowest BCUT2D eigenvalue weighted by Crippen LogP contribution is -2.37. The fraction of sp³-hybridized carbons (Fsp3) is 0.625. The van der Waals surface area contributed by atoms with Crippen molar-refractivity contribution in [3.05, 3.63) is 29.3 Å². The molecule has 0 saturated carbocycles. The van der Waals surface area contributed by atoms with Gasteiger partial charge in [-0.25, -0.2) is 0 Å². The first-order valence-electron chi connectivity index (χ1n) is 7.29. The molecule has 3 heteroatoms. The van der Waals surface area contributed by atoms with Crippen LogP contribution in [0.5, 0.6) is 0 Å². The van der Waals surface area contributed by atoms with E-state index in [1.54, 1.807) is 0 Å². The molecule has 0 saturated heterocycles. The van der Waals surface area contributed by atoms with E-state index in [-0.39, 0.29) is 0 Å². The molecule has 1 aliphatic heterocycles. The minimum atomic E-state index is 0.548. The number of hydrogen-bond acceptors (Lipinski definition) is 3. The van der Waals surface area contributed by atoms with Crippen LogP contribution in [0.3, 0.4) is 0 Å². The quantitative estimate of drug-likeness (QED) is 0.897. The van der Waals surface area contributed by atoms with Crippen molar-refractivity contribution in [2.45, 2.75) is 32.9 Å². The summed E-state index contributed by atoms with van der Waals surface area (Å²) in [5, 5.41) is 3.60. The Morgan fingerprint density at radius 3 is 2.89 bits per heavy atom. The van der Waals surface area contributed by atoms with Gasteiger partial charge in [-0.05, 0) is 52.5 Å². The molecule has 106 valence electrons. The van der Waals surface area contributed by atoms with E-state index in [0.29, 0.717) is 6.04 Å². The first-order chi connectivity index (χ1) is 9.06. The van der Waals surface area contributed by atoms with E-state index in [1.165, 1.54) is 23.2 Å². The van der Waals surface area contributed by atoms with E-state index < -0.39 is 0 Å². The molecule has 1 aromatic rings. The van der Waals surface area contributed by atoms with E-state index in [2.05, 4.69) is 61.3 Å². The fourth-order valence-corrected chi connectivity index (χ4v) is 2.73. The van der Waals surface area contributed by atoms with Crippen molar-refractivity contribution in [3.8, 4) is 0 Å². The highest BCUT2D eigenvalue weighted by Gasteiger charge is 2.18. The Morgan fingerprint density at radius 2 is 2.16 bits per heavy atom. The second-order valence-electron chi connectivity index (χ2n) is 6.02. The molecule has 0 fully saturated rings. The molecule has 0 aliphatic carbocycles. The number of fused-ring (bicyclic) bond motifs is 1. The molecular weight excluding hydrogens is 234 g/mol. The van der Waals surface area contributed by atoms with Crippen LogP contribution in [-0.2, 0) is 6.54 Å². The van der Waals surface area contributed by atoms with Crippen LogP contribution >= 0.6 is 0 Å². The van der Waals surface area contributed by atoms with Crippen LogP contribution in [0.1, 0.15) is 24.5 Å². The summed E-state index contributed by atoms with van der Waals surface area (Å²) in [6, 6.07) is 7.39. The summed E-state index contributed by atoms with van der Waals surface area (Å²) in [6.07, 6.45) is 1.22. The molecule has 0 radical (unpaired) electrons. The summed E-state index contributed by atoms with van der Waals surface area (Å²) < 4.78 is 0. The molecule has 1 N–H and O–H groups in total. The highest BCUT2D eigenvalue weighted by atomic mass is 15.2. The van der Waals surface area contributed by atoms with Crippen LogP contribution in [0, 0.1) is 6.92 Å². The van der Waals surface area contributed by atoms with Gasteiger partial charge in [0.2, 0.25) is 0 Å². The van der Waals surface area contributed by atoms with E-state index in [9.17, 15) is 0 Å². The standard InChI is InChI=1S/C16H27N3/c1-13-6-7-16-15(10-13)11-17-14(2)12-19(16)9-5-8-18(3)4/h6-7,10,14,17H,5,8-9,11-12H2,1-4H3. The summed E-state index contributed by atoms with van der Waals surface area (Å²) in [6.45, 7) is 8.83. The van der Waals surface area contributed by atoms with Crippen molar-refractivity contribution in [1.82, 2.24) is 10.2 Å². The highest BCUT2D eigenvalue weighted by Crippen LogP contribution is 2.24. The third-order valence-corrected chi connectivity index (χ3v) is 3.74. The van der Waals surface area contributed by atoms with Crippen molar-refractivity contribution < 1.29 is 0 Å². The van der Waals surface area contributed by atoms with Crippen molar-refractivity contribution in [2.75, 3.05) is 38.6 Å². The van der Waals surface area contributed by atoms with Crippen molar-refractivity contribution in [1.29, 1.82) is 0 Å². The zero-order valence-corrected chi connectivity index (χ0v) is 12.7. The summed E-state index contributed by atoms with van der Waals surface area (Å²) in [5.74, 6) is 0. The van der Waals surface area contributed by atoms with Crippen molar-refractivity contribution >= 4 is 5.69 Å². The van der Waals surface area contributed by atoms with Crippen LogP contribution < -0.4 is 10.2 Å². The highest BCUT2D eigenvalue weighted by molar-refractivity contribution is 5.56. The summed E-state index contributed by atoms with van der Waals surface area (Å²) in [4.78, 5) is 4.80. The summed E-state index contributed by atoms with van der Waals surface area (Å²) in [5.41, 5.74) is 4.21. The van der Waals surface area contributed by atoms with Crippen molar-refractivity contribution in [2.24, 2.45) is 0 Å². The average molecular weight is 261 g/mol. The molecule has 19 heavy (non-hydrogen) atoms. The molecule has 1 heterocycles. The molecule has 0 spiro atoms. The van der Waals surface area contributed by atoms with Gasteiger partial charge < -0.3 is 15.1 Å². The SMILES string of the molecule is Cc1ccc2c(c1)CNC(C)CN2CCCN(C)C. The maximum absolute atomic E-state index is 3.60. The number of nitrogens with one attached hydrogen (secondary N) is 1. The average Bonchev–Trinajstić information content (AvgIpc) is 2.49. The van der Waals surface area contributed by atoms with Crippen LogP contribution in [0.4, 0.5) is 5.69 Å². The molecule has 1 aliphatic rings. The molecule has 2 rings (SSSR count). The molecule has 1 aromatic carbocycles. The molecule has 0 amide bonds. The van der Waals surface area contributed by atoms with Gasteiger partial charge in [-0.15, -0.1) is 0 Å². The Balaban J connectivity index is 2.12. The second-order valence-corrected chi connectivity index (χ2v) is 6.02. The molecule has 1 atom stereocenters.